The summed E-state index contributed by atoms with van der Waals surface area (Å²) in [5, 5.41) is 8.11. The van der Waals surface area contributed by atoms with Crippen molar-refractivity contribution in [1.29, 1.82) is 5.26 Å². The molecule has 0 saturated carbocycles. The van der Waals surface area contributed by atoms with Crippen molar-refractivity contribution in [3.8, 4) is 6.07 Å². The van der Waals surface area contributed by atoms with Gasteiger partial charge in [0, 0.05) is 6.92 Å². The molecule has 0 heterocycles. The lowest BCUT2D eigenvalue weighted by Gasteiger charge is -1.95. The lowest BCUT2D eigenvalue weighted by atomic mass is 10.4. The predicted octanol–water partition coefficient (Wildman–Crippen LogP) is 0.629. The van der Waals surface area contributed by atoms with Crippen molar-refractivity contribution in [2.45, 2.75) is 6.92 Å². The number of nitriles is 1. The summed E-state index contributed by atoms with van der Waals surface area (Å²) in [5.41, 5.74) is 0.255. The van der Waals surface area contributed by atoms with Crippen LogP contribution in [0.2, 0.25) is 0 Å². The van der Waals surface area contributed by atoms with E-state index in [1.807, 2.05) is 0 Å². The van der Waals surface area contributed by atoms with E-state index in [0.29, 0.717) is 0 Å². The molecule has 0 atom stereocenters. The maximum atomic E-state index is 10.1. The molecule has 0 N–H and O–H groups in total. The Hall–Kier alpha value is -1.30. The highest BCUT2D eigenvalue weighted by Gasteiger charge is 1.93. The highest BCUT2D eigenvalue weighted by atomic mass is 16.5. The first-order valence-electron chi connectivity index (χ1n) is 2.38. The number of hydrogen-bond acceptors (Lipinski definition) is 3. The molecule has 0 rings (SSSR count). The van der Waals surface area contributed by atoms with Crippen LogP contribution in [0.25, 0.3) is 0 Å². The molecule has 48 valence electrons. The van der Waals surface area contributed by atoms with Gasteiger partial charge >= 0.3 is 5.97 Å². The van der Waals surface area contributed by atoms with Crippen molar-refractivity contribution >= 4 is 5.97 Å². The van der Waals surface area contributed by atoms with Gasteiger partial charge in [0.2, 0.25) is 0 Å². The molecule has 0 aliphatic rings. The van der Waals surface area contributed by atoms with Gasteiger partial charge in [-0.1, -0.05) is 6.58 Å². The zero-order chi connectivity index (χ0) is 7.28. The van der Waals surface area contributed by atoms with Gasteiger partial charge in [0.25, 0.3) is 0 Å². The Labute approximate surface area is 53.5 Å². The first kappa shape index (κ1) is 7.70. The van der Waals surface area contributed by atoms with Crippen molar-refractivity contribution in [3.63, 3.8) is 0 Å². The Balaban J connectivity index is 3.43. The van der Waals surface area contributed by atoms with Crippen molar-refractivity contribution in [2.24, 2.45) is 0 Å². The van der Waals surface area contributed by atoms with E-state index in [1.165, 1.54) is 6.92 Å². The molecule has 0 fully saturated rings. The fourth-order valence-corrected chi connectivity index (χ4v) is 0.221. The molecule has 0 unspecified atom stereocenters. The number of nitrogens with zero attached hydrogens (tertiary/aromatic N) is 1. The summed E-state index contributed by atoms with van der Waals surface area (Å²) in [6.07, 6.45) is 0. The van der Waals surface area contributed by atoms with Crippen LogP contribution >= 0.6 is 0 Å². The van der Waals surface area contributed by atoms with Gasteiger partial charge in [0.1, 0.15) is 6.61 Å². The normalized spacial score (nSPS) is 7.56. The van der Waals surface area contributed by atoms with Crippen LogP contribution in [0.4, 0.5) is 0 Å². The Morgan fingerprint density at radius 3 is 2.78 bits per heavy atom. The SMILES string of the molecule is C=C(C#N)COC(C)=O. The molecule has 0 aromatic carbocycles. The summed E-state index contributed by atoms with van der Waals surface area (Å²) in [6, 6.07) is 1.75. The summed E-state index contributed by atoms with van der Waals surface area (Å²) in [4.78, 5) is 10.1. The molecule has 0 radical (unpaired) electrons. The minimum Gasteiger partial charge on any atom is -0.460 e. The molecule has 0 aliphatic carbocycles. The van der Waals surface area contributed by atoms with E-state index in [9.17, 15) is 4.79 Å². The van der Waals surface area contributed by atoms with Crippen LogP contribution in [0.15, 0.2) is 12.2 Å². The molecule has 0 bridgehead atoms. The van der Waals surface area contributed by atoms with Gasteiger partial charge in [-0.3, -0.25) is 4.79 Å². The van der Waals surface area contributed by atoms with E-state index < -0.39 is 5.97 Å². The van der Waals surface area contributed by atoms with E-state index in [0.717, 1.165) is 0 Å². The van der Waals surface area contributed by atoms with E-state index in [-0.39, 0.29) is 12.2 Å². The molecule has 3 nitrogen and oxygen atoms in total. The Kier molecular flexibility index (Phi) is 3.14. The minimum atomic E-state index is -0.397. The minimum absolute atomic E-state index is 0.00579. The fourth-order valence-electron chi connectivity index (χ4n) is 0.221. The van der Waals surface area contributed by atoms with Gasteiger partial charge in [0.05, 0.1) is 11.6 Å². The van der Waals surface area contributed by atoms with Gasteiger partial charge < -0.3 is 4.74 Å². The lowest BCUT2D eigenvalue weighted by molar-refractivity contribution is -0.139. The summed E-state index contributed by atoms with van der Waals surface area (Å²) >= 11 is 0. The second kappa shape index (κ2) is 3.67. The van der Waals surface area contributed by atoms with Crippen molar-refractivity contribution in [3.05, 3.63) is 12.2 Å². The maximum absolute atomic E-state index is 10.1. The first-order valence-corrected chi connectivity index (χ1v) is 2.38. The van der Waals surface area contributed by atoms with Crippen molar-refractivity contribution in [2.75, 3.05) is 6.61 Å². The quantitative estimate of drug-likeness (QED) is 0.401. The fraction of sp³-hybridized carbons (Fsp3) is 0.333. The Morgan fingerprint density at radius 2 is 2.44 bits per heavy atom. The van der Waals surface area contributed by atoms with E-state index >= 15 is 0 Å². The van der Waals surface area contributed by atoms with Gasteiger partial charge in [-0.15, -0.1) is 0 Å². The van der Waals surface area contributed by atoms with Gasteiger partial charge in [-0.05, 0) is 0 Å². The Bertz CT molecular complexity index is 166. The van der Waals surface area contributed by atoms with Crippen molar-refractivity contribution in [1.82, 2.24) is 0 Å². The van der Waals surface area contributed by atoms with E-state index in [1.54, 1.807) is 6.07 Å². The molecule has 0 aliphatic heterocycles. The topological polar surface area (TPSA) is 50.1 Å². The first-order chi connectivity index (χ1) is 4.16. The van der Waals surface area contributed by atoms with Crippen LogP contribution in [0, 0.1) is 11.3 Å². The largest absolute Gasteiger partial charge is 0.460 e. The molecule has 9 heavy (non-hydrogen) atoms. The summed E-state index contributed by atoms with van der Waals surface area (Å²) in [7, 11) is 0. The molecular weight excluding hydrogens is 118 g/mol. The van der Waals surface area contributed by atoms with Crippen molar-refractivity contribution < 1.29 is 9.53 Å². The molecular formula is C6H7NO2. The highest BCUT2D eigenvalue weighted by molar-refractivity contribution is 5.66. The number of hydrogen-bond donors (Lipinski definition) is 0. The number of carbonyl (C=O) groups is 1. The van der Waals surface area contributed by atoms with E-state index in [2.05, 4.69) is 11.3 Å². The molecule has 0 amide bonds. The number of rotatable bonds is 2. The third-order valence-electron chi connectivity index (χ3n) is 0.608. The van der Waals surface area contributed by atoms with E-state index in [4.69, 9.17) is 5.26 Å². The zero-order valence-corrected chi connectivity index (χ0v) is 5.18. The van der Waals surface area contributed by atoms with Gasteiger partial charge in [-0.25, -0.2) is 0 Å². The number of esters is 1. The molecule has 3 heteroatoms. The molecule has 0 spiro atoms. The average Bonchev–Trinajstić information content (AvgIpc) is 1.83. The highest BCUT2D eigenvalue weighted by Crippen LogP contribution is 1.87. The maximum Gasteiger partial charge on any atom is 0.302 e. The third-order valence-corrected chi connectivity index (χ3v) is 0.608. The second-order valence-electron chi connectivity index (χ2n) is 1.50. The van der Waals surface area contributed by atoms with Crippen LogP contribution in [0.3, 0.4) is 0 Å². The number of carbonyl (C=O) groups excluding carboxylic acids is 1. The summed E-state index contributed by atoms with van der Waals surface area (Å²) in [5.74, 6) is -0.397. The molecule has 0 aromatic heterocycles. The average molecular weight is 125 g/mol. The monoisotopic (exact) mass is 125 g/mol. The van der Waals surface area contributed by atoms with Crippen LogP contribution in [-0.4, -0.2) is 12.6 Å². The third kappa shape index (κ3) is 4.56. The van der Waals surface area contributed by atoms with Crippen LogP contribution in [-0.2, 0) is 9.53 Å². The molecule has 0 saturated heterocycles. The number of ether oxygens (including phenoxy) is 1. The second-order valence-corrected chi connectivity index (χ2v) is 1.50. The van der Waals surface area contributed by atoms with Gasteiger partial charge in [-0.2, -0.15) is 5.26 Å². The summed E-state index contributed by atoms with van der Waals surface area (Å²) < 4.78 is 4.43. The predicted molar refractivity (Wildman–Crippen MR) is 31.4 cm³/mol. The van der Waals surface area contributed by atoms with Crippen LogP contribution in [0.1, 0.15) is 6.92 Å². The van der Waals surface area contributed by atoms with Crippen LogP contribution < -0.4 is 0 Å². The summed E-state index contributed by atoms with van der Waals surface area (Å²) in [6.45, 7) is 4.59. The standard InChI is InChI=1S/C6H7NO2/c1-5(3-7)4-9-6(2)8/h1,4H2,2H3. The zero-order valence-electron chi connectivity index (χ0n) is 5.18. The van der Waals surface area contributed by atoms with Crippen LogP contribution in [0.5, 0.6) is 0 Å². The Morgan fingerprint density at radius 1 is 1.89 bits per heavy atom. The smallest absolute Gasteiger partial charge is 0.302 e. The van der Waals surface area contributed by atoms with Gasteiger partial charge in [0.15, 0.2) is 0 Å². The molecule has 0 aromatic rings. The lowest BCUT2D eigenvalue weighted by Crippen LogP contribution is -2.00.